The second-order valence-corrected chi connectivity index (χ2v) is 15.9. The largest absolute Gasteiger partial charge is 0.497 e. The molecule has 3 amide bonds. The molecule has 59 heavy (non-hydrogen) atoms. The summed E-state index contributed by atoms with van der Waals surface area (Å²) >= 11 is 2.40. The number of thiazole rings is 1. The number of β-lactam (4-membered cyclic amide) rings is 1. The molecular weight excluding hydrogens is 789 g/mol. The summed E-state index contributed by atoms with van der Waals surface area (Å²) in [4.78, 5) is 68.1. The number of ether oxygens (including phenoxy) is 1. The first-order chi connectivity index (χ1) is 28.7. The number of aliphatic carboxylic acids is 1. The van der Waals surface area contributed by atoms with Gasteiger partial charge < -0.3 is 30.6 Å². The molecule has 0 bridgehead atoms. The van der Waals surface area contributed by atoms with Gasteiger partial charge in [-0.2, -0.15) is 0 Å². The van der Waals surface area contributed by atoms with Crippen molar-refractivity contribution >= 4 is 57.6 Å². The second-order valence-electron chi connectivity index (χ2n) is 13.9. The number of anilines is 1. The fraction of sp³-hybridized carbons (Fsp3) is 0.182. The molecule has 0 saturated carbocycles. The molecule has 2 fully saturated rings. The summed E-state index contributed by atoms with van der Waals surface area (Å²) in [6, 6.07) is 34.9. The van der Waals surface area contributed by atoms with Crippen LogP contribution in [-0.2, 0) is 36.2 Å². The SMILES string of the molecule is COc1cccc(CN2CC/C(=C\C3=C(C(=O)O)N4C(=O)[C@@H](NC(=O)/C(=N\OC(c5ccccc5)(c5ccccc5)c5ccccc5)c5csc(N)n5)[C@H]4SC3)C2=O)c1. The van der Waals surface area contributed by atoms with Crippen LogP contribution in [0.2, 0.25) is 0 Å². The molecule has 4 N–H and O–H groups in total. The lowest BCUT2D eigenvalue weighted by molar-refractivity contribution is -0.150. The van der Waals surface area contributed by atoms with E-state index < -0.39 is 34.8 Å². The number of nitrogen functional groups attached to an aromatic ring is 1. The molecule has 4 heterocycles. The number of aromatic nitrogens is 1. The second kappa shape index (κ2) is 16.6. The van der Waals surface area contributed by atoms with Gasteiger partial charge in [0.2, 0.25) is 11.5 Å². The third-order valence-electron chi connectivity index (χ3n) is 10.4. The zero-order chi connectivity index (χ0) is 41.1. The van der Waals surface area contributed by atoms with Crippen molar-refractivity contribution in [1.29, 1.82) is 0 Å². The fourth-order valence-electron chi connectivity index (χ4n) is 7.51. The van der Waals surface area contributed by atoms with Gasteiger partial charge in [-0.05, 0) is 35.8 Å². The number of nitrogens with one attached hydrogen (secondary N) is 1. The summed E-state index contributed by atoms with van der Waals surface area (Å²) in [5.41, 5.74) is 8.31. The van der Waals surface area contributed by atoms with Crippen molar-refractivity contribution in [2.24, 2.45) is 5.16 Å². The van der Waals surface area contributed by atoms with Gasteiger partial charge in [-0.1, -0.05) is 108 Å². The maximum Gasteiger partial charge on any atom is 0.352 e. The number of methoxy groups -OCH3 is 1. The summed E-state index contributed by atoms with van der Waals surface area (Å²) < 4.78 is 5.31. The minimum atomic E-state index is -1.32. The van der Waals surface area contributed by atoms with E-state index in [4.69, 9.17) is 15.3 Å². The number of nitrogens with two attached hydrogens (primary N) is 1. The molecule has 3 aliphatic rings. The fourth-order valence-corrected chi connectivity index (χ4v) is 9.36. The first-order valence-corrected chi connectivity index (χ1v) is 20.6. The van der Waals surface area contributed by atoms with Crippen LogP contribution in [0, 0.1) is 0 Å². The summed E-state index contributed by atoms with van der Waals surface area (Å²) in [5.74, 6) is -2.03. The standard InChI is InChI=1S/C44H38N6O7S2/c1-56-33-19-11-12-27(22-33)24-49-21-20-28(39(49)52)23-29-25-58-41-36(40(53)50(41)37(29)42(54)55)47-38(51)35(34-26-59-43(45)46-34)48-57-44(30-13-5-2-6-14-30,31-15-7-3-8-16-31)32-17-9-4-10-18-32/h2-19,22-23,26,36,41H,20-21,24-25H2,1H3,(H2,45,46)(H,47,51)(H,54,55)/b28-23+,48-35-/t36-,41-/m1/s1. The minimum absolute atomic E-state index is 0.134. The van der Waals surface area contributed by atoms with Crippen LogP contribution in [0.15, 0.2) is 149 Å². The summed E-state index contributed by atoms with van der Waals surface area (Å²) in [6.45, 7) is 0.835. The molecule has 0 radical (unpaired) electrons. The number of likely N-dealkylation sites (tertiary alicyclic amines) is 1. The third kappa shape index (κ3) is 7.57. The Kier molecular flexibility index (Phi) is 11.0. The molecule has 298 valence electrons. The minimum Gasteiger partial charge on any atom is -0.497 e. The Morgan fingerprint density at radius 3 is 2.19 bits per heavy atom. The van der Waals surface area contributed by atoms with E-state index in [1.165, 1.54) is 16.7 Å². The van der Waals surface area contributed by atoms with E-state index in [0.29, 0.717) is 36.4 Å². The van der Waals surface area contributed by atoms with Gasteiger partial charge in [0, 0.05) is 46.5 Å². The van der Waals surface area contributed by atoms with Crippen LogP contribution in [0.5, 0.6) is 5.75 Å². The first-order valence-electron chi connectivity index (χ1n) is 18.7. The van der Waals surface area contributed by atoms with Crippen LogP contribution < -0.4 is 15.8 Å². The average molecular weight is 827 g/mol. The van der Waals surface area contributed by atoms with E-state index in [-0.39, 0.29) is 33.9 Å². The van der Waals surface area contributed by atoms with Crippen molar-refractivity contribution in [2.45, 2.75) is 30.0 Å². The lowest BCUT2D eigenvalue weighted by atomic mass is 9.80. The van der Waals surface area contributed by atoms with E-state index >= 15 is 0 Å². The van der Waals surface area contributed by atoms with Crippen LogP contribution in [0.25, 0.3) is 0 Å². The van der Waals surface area contributed by atoms with E-state index in [9.17, 15) is 24.3 Å². The molecular formula is C44H38N6O7S2. The van der Waals surface area contributed by atoms with Crippen molar-refractivity contribution < 1.29 is 33.9 Å². The smallest absolute Gasteiger partial charge is 0.352 e. The maximum atomic E-state index is 14.3. The maximum absolute atomic E-state index is 14.3. The number of carboxylic acid groups (broad SMARTS) is 1. The number of rotatable bonds is 13. The van der Waals surface area contributed by atoms with Gasteiger partial charge in [0.05, 0.1) is 7.11 Å². The Morgan fingerprint density at radius 1 is 0.966 bits per heavy atom. The van der Waals surface area contributed by atoms with Crippen LogP contribution in [0.3, 0.4) is 0 Å². The molecule has 0 unspecified atom stereocenters. The summed E-state index contributed by atoms with van der Waals surface area (Å²) in [5, 5.41) is 18.7. The number of carboxylic acids is 1. The highest BCUT2D eigenvalue weighted by Crippen LogP contribution is 2.43. The van der Waals surface area contributed by atoms with Gasteiger partial charge in [-0.15, -0.1) is 23.1 Å². The van der Waals surface area contributed by atoms with Crippen LogP contribution in [-0.4, -0.2) is 80.1 Å². The highest BCUT2D eigenvalue weighted by atomic mass is 32.2. The monoisotopic (exact) mass is 826 g/mol. The van der Waals surface area contributed by atoms with Gasteiger partial charge >= 0.3 is 5.97 Å². The van der Waals surface area contributed by atoms with E-state index in [2.05, 4.69) is 15.5 Å². The molecule has 15 heteroatoms. The number of nitrogens with zero attached hydrogens (tertiary/aromatic N) is 4. The number of hydrogen-bond acceptors (Lipinski definition) is 11. The van der Waals surface area contributed by atoms with Gasteiger partial charge in [-0.3, -0.25) is 19.3 Å². The number of thioether (sulfide) groups is 1. The Hall–Kier alpha value is -6.71. The molecule has 0 aliphatic carbocycles. The van der Waals surface area contributed by atoms with Crippen LogP contribution in [0.1, 0.15) is 34.4 Å². The Bertz CT molecular complexity index is 2410. The quantitative estimate of drug-likeness (QED) is 0.0449. The molecule has 3 aliphatic heterocycles. The Morgan fingerprint density at radius 2 is 1.61 bits per heavy atom. The highest BCUT2D eigenvalue weighted by Gasteiger charge is 2.54. The highest BCUT2D eigenvalue weighted by molar-refractivity contribution is 8.00. The number of carbonyl (C=O) groups excluding carboxylic acids is 3. The topological polar surface area (TPSA) is 177 Å². The molecule has 1 aromatic heterocycles. The summed E-state index contributed by atoms with van der Waals surface area (Å²) in [6.07, 6.45) is 2.01. The van der Waals surface area contributed by atoms with Crippen molar-refractivity contribution in [1.82, 2.24) is 20.1 Å². The number of benzene rings is 4. The van der Waals surface area contributed by atoms with E-state index in [1.807, 2.05) is 115 Å². The number of carbonyl (C=O) groups is 4. The van der Waals surface area contributed by atoms with Crippen molar-refractivity contribution in [2.75, 3.05) is 25.1 Å². The number of oxime groups is 1. The number of hydrogen-bond donors (Lipinski definition) is 3. The van der Waals surface area contributed by atoms with Gasteiger partial charge in [-0.25, -0.2) is 9.78 Å². The molecule has 8 rings (SSSR count). The van der Waals surface area contributed by atoms with Gasteiger partial charge in [0.25, 0.3) is 11.8 Å². The molecule has 2 saturated heterocycles. The van der Waals surface area contributed by atoms with Crippen molar-refractivity contribution in [3.63, 3.8) is 0 Å². The average Bonchev–Trinajstić information content (AvgIpc) is 3.85. The van der Waals surface area contributed by atoms with Crippen LogP contribution in [0.4, 0.5) is 5.13 Å². The third-order valence-corrected chi connectivity index (χ3v) is 12.3. The van der Waals surface area contributed by atoms with E-state index in [1.54, 1.807) is 23.5 Å². The number of amides is 3. The Balaban J connectivity index is 1.07. The zero-order valence-corrected chi connectivity index (χ0v) is 33.3. The van der Waals surface area contributed by atoms with Gasteiger partial charge in [0.15, 0.2) is 10.8 Å². The van der Waals surface area contributed by atoms with Crippen LogP contribution >= 0.6 is 23.1 Å². The number of fused-ring (bicyclic) bond motifs is 1. The Labute approximate surface area is 347 Å². The van der Waals surface area contributed by atoms with Gasteiger partial charge in [0.1, 0.15) is 28.6 Å². The van der Waals surface area contributed by atoms with Crippen molar-refractivity contribution in [3.05, 3.63) is 172 Å². The lowest BCUT2D eigenvalue weighted by Crippen LogP contribution is -2.71. The normalized spacial score (nSPS) is 18.7. The molecule has 5 aromatic rings. The zero-order valence-electron chi connectivity index (χ0n) is 31.7. The van der Waals surface area contributed by atoms with E-state index in [0.717, 1.165) is 33.6 Å². The molecule has 4 aromatic carbocycles. The lowest BCUT2D eigenvalue weighted by Gasteiger charge is -2.49. The predicted octanol–water partition coefficient (Wildman–Crippen LogP) is 5.54. The molecule has 13 nitrogen and oxygen atoms in total. The summed E-state index contributed by atoms with van der Waals surface area (Å²) in [7, 11) is 1.58. The molecule has 2 atom stereocenters. The molecule has 0 spiro atoms. The predicted molar refractivity (Wildman–Crippen MR) is 224 cm³/mol. The number of allylic oxidation sites excluding steroid dienone is 1. The first kappa shape index (κ1) is 39.1. The van der Waals surface area contributed by atoms with Crippen molar-refractivity contribution in [3.8, 4) is 5.75 Å².